The Morgan fingerprint density at radius 3 is 2.44 bits per heavy atom. The minimum Gasteiger partial charge on any atom is -0.356 e. The zero-order chi connectivity index (χ0) is 19.7. The van der Waals surface area contributed by atoms with E-state index < -0.39 is 9.84 Å². The fourth-order valence-corrected chi connectivity index (χ4v) is 3.74. The summed E-state index contributed by atoms with van der Waals surface area (Å²) in [4.78, 5) is 9.50. The van der Waals surface area contributed by atoms with Crippen LogP contribution >= 0.6 is 0 Å². The Labute approximate surface area is 163 Å². The van der Waals surface area contributed by atoms with Crippen molar-refractivity contribution < 1.29 is 8.42 Å². The van der Waals surface area contributed by atoms with Crippen molar-refractivity contribution in [2.45, 2.75) is 17.7 Å². The zero-order valence-corrected chi connectivity index (χ0v) is 17.6. The normalized spacial score (nSPS) is 17.5. The minimum atomic E-state index is -3.13. The molecule has 0 saturated carbocycles. The van der Waals surface area contributed by atoms with Crippen LogP contribution in [-0.2, 0) is 16.3 Å². The van der Waals surface area contributed by atoms with E-state index >= 15 is 0 Å². The van der Waals surface area contributed by atoms with Gasteiger partial charge in [0.1, 0.15) is 0 Å². The summed E-state index contributed by atoms with van der Waals surface area (Å²) in [6, 6.07) is 7.06. The van der Waals surface area contributed by atoms with Gasteiger partial charge in [0.25, 0.3) is 0 Å². The topological polar surface area (TPSA) is 77.0 Å². The van der Waals surface area contributed by atoms with Gasteiger partial charge in [-0.1, -0.05) is 12.1 Å². The number of hydrogen-bond acceptors (Lipinski definition) is 5. The highest BCUT2D eigenvalue weighted by atomic mass is 32.2. The maximum absolute atomic E-state index is 11.5. The van der Waals surface area contributed by atoms with Gasteiger partial charge in [-0.15, -0.1) is 0 Å². The average Bonchev–Trinajstić information content (AvgIpc) is 2.84. The molecule has 0 atom stereocenters. The molecule has 1 heterocycles. The number of aliphatic imine (C=N–C) groups is 1. The van der Waals surface area contributed by atoms with Gasteiger partial charge in [-0.3, -0.25) is 4.99 Å². The Bertz CT molecular complexity index is 703. The molecule has 0 radical (unpaired) electrons. The summed E-state index contributed by atoms with van der Waals surface area (Å²) in [6.07, 6.45) is 3.26. The molecule has 1 aliphatic rings. The molecule has 1 aliphatic heterocycles. The van der Waals surface area contributed by atoms with E-state index in [9.17, 15) is 8.42 Å². The van der Waals surface area contributed by atoms with Gasteiger partial charge in [0.05, 0.1) is 4.90 Å². The number of nitrogens with one attached hydrogen (secondary N) is 2. The van der Waals surface area contributed by atoms with E-state index in [1.54, 1.807) is 19.2 Å². The molecular weight excluding hydrogens is 362 g/mol. The highest BCUT2D eigenvalue weighted by Crippen LogP contribution is 2.10. The summed E-state index contributed by atoms with van der Waals surface area (Å²) in [7, 11) is 0.824. The molecule has 0 unspecified atom stereocenters. The van der Waals surface area contributed by atoms with Crippen LogP contribution in [0.25, 0.3) is 0 Å². The standard InChI is InChI=1S/C19H33N5O2S/c1-20-19(22-11-14-24-13-4-12-23(2)15-16-24)21-10-9-17-5-7-18(8-6-17)27(3,25)26/h5-8H,4,9-16H2,1-3H3,(H2,20,21,22). The van der Waals surface area contributed by atoms with E-state index in [1.807, 2.05) is 12.1 Å². The predicted octanol–water partition coefficient (Wildman–Crippen LogP) is 0.435. The Morgan fingerprint density at radius 2 is 1.78 bits per heavy atom. The Balaban J connectivity index is 1.68. The Kier molecular flexibility index (Phi) is 8.53. The van der Waals surface area contributed by atoms with Crippen molar-refractivity contribution in [1.82, 2.24) is 20.4 Å². The smallest absolute Gasteiger partial charge is 0.191 e. The van der Waals surface area contributed by atoms with Crippen molar-refractivity contribution in [3.8, 4) is 0 Å². The molecule has 0 amide bonds. The summed E-state index contributed by atoms with van der Waals surface area (Å²) in [6.45, 7) is 7.21. The number of hydrogen-bond donors (Lipinski definition) is 2. The summed E-state index contributed by atoms with van der Waals surface area (Å²) in [5.74, 6) is 0.801. The van der Waals surface area contributed by atoms with Gasteiger partial charge >= 0.3 is 0 Å². The second-order valence-electron chi connectivity index (χ2n) is 7.09. The lowest BCUT2D eigenvalue weighted by Crippen LogP contribution is -2.42. The van der Waals surface area contributed by atoms with Gasteiger partial charge in [0.2, 0.25) is 0 Å². The Morgan fingerprint density at radius 1 is 1.07 bits per heavy atom. The second-order valence-corrected chi connectivity index (χ2v) is 9.11. The third-order valence-corrected chi connectivity index (χ3v) is 5.94. The van der Waals surface area contributed by atoms with Crippen LogP contribution < -0.4 is 10.6 Å². The monoisotopic (exact) mass is 395 g/mol. The van der Waals surface area contributed by atoms with E-state index in [2.05, 4.69) is 32.5 Å². The summed E-state index contributed by atoms with van der Waals surface area (Å²) in [5, 5.41) is 6.68. The number of rotatable bonds is 7. The van der Waals surface area contributed by atoms with Crippen LogP contribution in [0, 0.1) is 0 Å². The first-order chi connectivity index (χ1) is 12.9. The number of nitrogens with zero attached hydrogens (tertiary/aromatic N) is 3. The lowest BCUT2D eigenvalue weighted by atomic mass is 10.1. The first kappa shape index (κ1) is 21.7. The van der Waals surface area contributed by atoms with Crippen molar-refractivity contribution >= 4 is 15.8 Å². The fraction of sp³-hybridized carbons (Fsp3) is 0.632. The van der Waals surface area contributed by atoms with Gasteiger partial charge in [-0.2, -0.15) is 0 Å². The first-order valence-corrected chi connectivity index (χ1v) is 11.4. The summed E-state index contributed by atoms with van der Waals surface area (Å²) < 4.78 is 23.0. The lowest BCUT2D eigenvalue weighted by molar-refractivity contribution is 0.280. The van der Waals surface area contributed by atoms with Gasteiger partial charge in [-0.05, 0) is 50.7 Å². The molecule has 0 aliphatic carbocycles. The molecule has 7 nitrogen and oxygen atoms in total. The Hall–Kier alpha value is -1.64. The highest BCUT2D eigenvalue weighted by molar-refractivity contribution is 7.90. The van der Waals surface area contributed by atoms with Crippen LogP contribution in [0.2, 0.25) is 0 Å². The third-order valence-electron chi connectivity index (χ3n) is 4.81. The molecule has 1 aromatic carbocycles. The lowest BCUT2D eigenvalue weighted by Gasteiger charge is -2.21. The molecule has 8 heteroatoms. The van der Waals surface area contributed by atoms with Crippen LogP contribution in [0.3, 0.4) is 0 Å². The van der Waals surface area contributed by atoms with E-state index in [4.69, 9.17) is 0 Å². The van der Waals surface area contributed by atoms with Crippen LogP contribution in [0.5, 0.6) is 0 Å². The number of sulfone groups is 1. The largest absolute Gasteiger partial charge is 0.356 e. The minimum absolute atomic E-state index is 0.358. The zero-order valence-electron chi connectivity index (χ0n) is 16.7. The maximum Gasteiger partial charge on any atom is 0.191 e. The van der Waals surface area contributed by atoms with Crippen molar-refractivity contribution in [3.05, 3.63) is 29.8 Å². The average molecular weight is 396 g/mol. The van der Waals surface area contributed by atoms with E-state index in [-0.39, 0.29) is 0 Å². The van der Waals surface area contributed by atoms with E-state index in [0.717, 1.165) is 57.2 Å². The number of guanidine groups is 1. The summed E-state index contributed by atoms with van der Waals surface area (Å²) in [5.41, 5.74) is 1.10. The fourth-order valence-electron chi connectivity index (χ4n) is 3.11. The molecule has 1 saturated heterocycles. The van der Waals surface area contributed by atoms with E-state index in [0.29, 0.717) is 4.90 Å². The molecule has 1 fully saturated rings. The van der Waals surface area contributed by atoms with Crippen LogP contribution in [0.4, 0.5) is 0 Å². The molecule has 0 bridgehead atoms. The van der Waals surface area contributed by atoms with Gasteiger partial charge in [-0.25, -0.2) is 8.42 Å². The molecule has 152 valence electrons. The van der Waals surface area contributed by atoms with Crippen molar-refractivity contribution in [1.29, 1.82) is 0 Å². The van der Waals surface area contributed by atoms with Crippen molar-refractivity contribution in [3.63, 3.8) is 0 Å². The third kappa shape index (κ3) is 7.86. The maximum atomic E-state index is 11.5. The molecule has 2 rings (SSSR count). The predicted molar refractivity (Wildman–Crippen MR) is 111 cm³/mol. The van der Waals surface area contributed by atoms with Crippen molar-refractivity contribution in [2.24, 2.45) is 4.99 Å². The summed E-state index contributed by atoms with van der Waals surface area (Å²) >= 11 is 0. The highest BCUT2D eigenvalue weighted by Gasteiger charge is 2.11. The molecular formula is C19H33N5O2S. The van der Waals surface area contributed by atoms with Gasteiger partial charge in [0, 0.05) is 46.0 Å². The molecule has 0 aromatic heterocycles. The molecule has 1 aromatic rings. The van der Waals surface area contributed by atoms with E-state index in [1.165, 1.54) is 19.2 Å². The van der Waals surface area contributed by atoms with Crippen molar-refractivity contribution in [2.75, 3.05) is 66.2 Å². The second kappa shape index (κ2) is 10.6. The molecule has 27 heavy (non-hydrogen) atoms. The van der Waals surface area contributed by atoms with Gasteiger partial charge < -0.3 is 20.4 Å². The first-order valence-electron chi connectivity index (χ1n) is 9.53. The van der Waals surface area contributed by atoms with Crippen LogP contribution in [-0.4, -0.2) is 90.3 Å². The molecule has 0 spiro atoms. The quantitative estimate of drug-likeness (QED) is 0.515. The van der Waals surface area contributed by atoms with Crippen LogP contribution in [0.15, 0.2) is 34.2 Å². The number of benzene rings is 1. The van der Waals surface area contributed by atoms with Gasteiger partial charge in [0.15, 0.2) is 15.8 Å². The van der Waals surface area contributed by atoms with Crippen LogP contribution in [0.1, 0.15) is 12.0 Å². The number of likely N-dealkylation sites (N-methyl/N-ethyl adjacent to an activating group) is 1. The molecule has 2 N–H and O–H groups in total. The SMILES string of the molecule is CN=C(NCCc1ccc(S(C)(=O)=O)cc1)NCCN1CCCN(C)CC1.